The summed E-state index contributed by atoms with van der Waals surface area (Å²) >= 11 is 0. The van der Waals surface area contributed by atoms with Crippen LogP contribution in [0.1, 0.15) is 58.7 Å². The maximum absolute atomic E-state index is 4.76. The number of anilines is 1. The predicted molar refractivity (Wildman–Crippen MR) is 99.9 cm³/mol. The summed E-state index contributed by atoms with van der Waals surface area (Å²) in [6.45, 7) is 10.0. The van der Waals surface area contributed by atoms with Gasteiger partial charge in [0.15, 0.2) is 11.5 Å². The van der Waals surface area contributed by atoms with Crippen molar-refractivity contribution < 1.29 is 0 Å². The van der Waals surface area contributed by atoms with Crippen molar-refractivity contribution in [1.29, 1.82) is 0 Å². The maximum atomic E-state index is 4.76. The second-order valence-electron chi connectivity index (χ2n) is 8.80. The van der Waals surface area contributed by atoms with E-state index >= 15 is 0 Å². The van der Waals surface area contributed by atoms with Crippen LogP contribution in [0.15, 0.2) is 12.1 Å². The van der Waals surface area contributed by atoms with E-state index < -0.39 is 0 Å². The van der Waals surface area contributed by atoms with Crippen LogP contribution in [0.4, 0.5) is 5.82 Å². The van der Waals surface area contributed by atoms with Crippen LogP contribution < -0.4 is 5.32 Å². The lowest BCUT2D eigenvalue weighted by Gasteiger charge is -2.20. The number of nitrogens with zero attached hydrogens (tertiary/aromatic N) is 5. The quantitative estimate of drug-likeness (QED) is 0.925. The number of hydrogen-bond donors (Lipinski definition) is 1. The van der Waals surface area contributed by atoms with Crippen molar-refractivity contribution in [2.24, 2.45) is 5.92 Å². The first kappa shape index (κ1) is 16.8. The van der Waals surface area contributed by atoms with Gasteiger partial charge in [-0.3, -0.25) is 0 Å². The van der Waals surface area contributed by atoms with Crippen LogP contribution in [0.5, 0.6) is 0 Å². The number of nitrogens with one attached hydrogen (secondary N) is 1. The Hall–Kier alpha value is -1.69. The minimum absolute atomic E-state index is 0.0729. The fourth-order valence-corrected chi connectivity index (χ4v) is 4.22. The molecule has 1 saturated heterocycles. The average molecular weight is 342 g/mol. The number of fused-ring (bicyclic) bond motifs is 1. The van der Waals surface area contributed by atoms with Gasteiger partial charge >= 0.3 is 0 Å². The standard InChI is InChI=1S/C19H30N6/c1-19(2,3)18-22-21-17-9-8-16(23-25(17)18)20-15-10-11-24(13-15)12-14-6-4-5-7-14/h8-9,14-15H,4-7,10-13H2,1-3H3,(H,20,23). The molecule has 2 aliphatic rings. The van der Waals surface area contributed by atoms with Gasteiger partial charge in [0, 0.05) is 31.1 Å². The zero-order valence-electron chi connectivity index (χ0n) is 15.7. The molecule has 2 aromatic heterocycles. The van der Waals surface area contributed by atoms with Crippen molar-refractivity contribution >= 4 is 11.5 Å². The van der Waals surface area contributed by atoms with Crippen LogP contribution in [0.25, 0.3) is 5.65 Å². The van der Waals surface area contributed by atoms with E-state index in [1.807, 2.05) is 16.6 Å². The molecule has 1 atom stereocenters. The van der Waals surface area contributed by atoms with E-state index in [4.69, 9.17) is 5.10 Å². The highest BCUT2D eigenvalue weighted by atomic mass is 15.4. The fourth-order valence-electron chi connectivity index (χ4n) is 4.22. The van der Waals surface area contributed by atoms with Crippen LogP contribution in [-0.2, 0) is 5.41 Å². The second-order valence-corrected chi connectivity index (χ2v) is 8.80. The van der Waals surface area contributed by atoms with E-state index in [0.29, 0.717) is 6.04 Å². The maximum Gasteiger partial charge on any atom is 0.178 e. The summed E-state index contributed by atoms with van der Waals surface area (Å²) < 4.78 is 1.88. The molecule has 25 heavy (non-hydrogen) atoms. The van der Waals surface area contributed by atoms with Gasteiger partial charge in [0.25, 0.3) is 0 Å². The first-order chi connectivity index (χ1) is 12.0. The third-order valence-electron chi connectivity index (χ3n) is 5.55. The summed E-state index contributed by atoms with van der Waals surface area (Å²) in [5, 5.41) is 16.9. The Morgan fingerprint density at radius 2 is 1.92 bits per heavy atom. The highest BCUT2D eigenvalue weighted by Crippen LogP contribution is 2.27. The minimum atomic E-state index is -0.0729. The molecule has 1 N–H and O–H groups in total. The Bertz CT molecular complexity index is 725. The molecule has 6 heteroatoms. The van der Waals surface area contributed by atoms with E-state index in [9.17, 15) is 0 Å². The van der Waals surface area contributed by atoms with Crippen molar-refractivity contribution in [3.05, 3.63) is 18.0 Å². The molecule has 2 aromatic rings. The largest absolute Gasteiger partial charge is 0.365 e. The fraction of sp³-hybridized carbons (Fsp3) is 0.737. The summed E-state index contributed by atoms with van der Waals surface area (Å²) in [7, 11) is 0. The molecule has 1 saturated carbocycles. The van der Waals surface area contributed by atoms with Gasteiger partial charge in [0.1, 0.15) is 5.82 Å². The summed E-state index contributed by atoms with van der Waals surface area (Å²) in [6.07, 6.45) is 6.91. The van der Waals surface area contributed by atoms with Crippen molar-refractivity contribution in [1.82, 2.24) is 24.7 Å². The van der Waals surface area contributed by atoms with Gasteiger partial charge in [-0.25, -0.2) is 0 Å². The Balaban J connectivity index is 1.42. The van der Waals surface area contributed by atoms with E-state index in [1.165, 1.54) is 45.2 Å². The molecule has 0 radical (unpaired) electrons. The number of likely N-dealkylation sites (tertiary alicyclic amines) is 1. The van der Waals surface area contributed by atoms with E-state index in [0.717, 1.165) is 29.8 Å². The topological polar surface area (TPSA) is 58.4 Å². The summed E-state index contributed by atoms with van der Waals surface area (Å²) in [5.74, 6) is 2.76. The predicted octanol–water partition coefficient (Wildman–Crippen LogP) is 3.10. The lowest BCUT2D eigenvalue weighted by atomic mass is 9.96. The molecule has 0 aromatic carbocycles. The van der Waals surface area contributed by atoms with Crippen molar-refractivity contribution in [3.63, 3.8) is 0 Å². The van der Waals surface area contributed by atoms with Crippen LogP contribution in [-0.4, -0.2) is 50.4 Å². The first-order valence-corrected chi connectivity index (χ1v) is 9.71. The Morgan fingerprint density at radius 1 is 1.12 bits per heavy atom. The van der Waals surface area contributed by atoms with Crippen LogP contribution >= 0.6 is 0 Å². The lowest BCUT2D eigenvalue weighted by molar-refractivity contribution is 0.278. The smallest absolute Gasteiger partial charge is 0.178 e. The van der Waals surface area contributed by atoms with Crippen molar-refractivity contribution in [3.8, 4) is 0 Å². The average Bonchev–Trinajstić information content (AvgIpc) is 3.27. The van der Waals surface area contributed by atoms with Crippen molar-refractivity contribution in [2.45, 2.75) is 64.3 Å². The highest BCUT2D eigenvalue weighted by molar-refractivity contribution is 5.45. The van der Waals surface area contributed by atoms with Gasteiger partial charge in [-0.2, -0.15) is 4.52 Å². The first-order valence-electron chi connectivity index (χ1n) is 9.71. The molecule has 3 heterocycles. The summed E-state index contributed by atoms with van der Waals surface area (Å²) in [4.78, 5) is 2.63. The van der Waals surface area contributed by atoms with Crippen LogP contribution in [0.2, 0.25) is 0 Å². The lowest BCUT2D eigenvalue weighted by Crippen LogP contribution is -2.30. The number of aromatic nitrogens is 4. The Labute approximate surface area is 150 Å². The molecule has 6 nitrogen and oxygen atoms in total. The molecule has 0 spiro atoms. The molecular weight excluding hydrogens is 312 g/mol. The van der Waals surface area contributed by atoms with Gasteiger partial charge in [-0.15, -0.1) is 15.3 Å². The van der Waals surface area contributed by atoms with Gasteiger partial charge in [0.2, 0.25) is 0 Å². The normalized spacial score (nSPS) is 22.9. The van der Waals surface area contributed by atoms with Gasteiger partial charge in [-0.05, 0) is 37.3 Å². The monoisotopic (exact) mass is 342 g/mol. The third kappa shape index (κ3) is 3.64. The van der Waals surface area contributed by atoms with Gasteiger partial charge < -0.3 is 10.2 Å². The number of rotatable bonds is 4. The highest BCUT2D eigenvalue weighted by Gasteiger charge is 2.27. The molecule has 2 fully saturated rings. The van der Waals surface area contributed by atoms with E-state index in [1.54, 1.807) is 0 Å². The van der Waals surface area contributed by atoms with Crippen LogP contribution in [0, 0.1) is 5.92 Å². The van der Waals surface area contributed by atoms with Gasteiger partial charge in [0.05, 0.1) is 0 Å². The molecule has 136 valence electrons. The summed E-state index contributed by atoms with van der Waals surface area (Å²) in [5.41, 5.74) is 0.737. The summed E-state index contributed by atoms with van der Waals surface area (Å²) in [6, 6.07) is 4.51. The molecule has 0 amide bonds. The molecular formula is C19H30N6. The third-order valence-corrected chi connectivity index (χ3v) is 5.55. The van der Waals surface area contributed by atoms with E-state index in [-0.39, 0.29) is 5.41 Å². The van der Waals surface area contributed by atoms with Crippen LogP contribution in [0.3, 0.4) is 0 Å². The Morgan fingerprint density at radius 3 is 2.68 bits per heavy atom. The second kappa shape index (κ2) is 6.56. The zero-order valence-corrected chi connectivity index (χ0v) is 15.7. The molecule has 1 aliphatic carbocycles. The SMILES string of the molecule is CC(C)(C)c1nnc2ccc(NC3CCN(CC4CCCC4)C3)nn12. The Kier molecular flexibility index (Phi) is 4.40. The zero-order chi connectivity index (χ0) is 17.4. The van der Waals surface area contributed by atoms with Gasteiger partial charge in [-0.1, -0.05) is 33.6 Å². The molecule has 1 aliphatic heterocycles. The van der Waals surface area contributed by atoms with Crippen molar-refractivity contribution in [2.75, 3.05) is 25.0 Å². The molecule has 4 rings (SSSR count). The number of hydrogen-bond acceptors (Lipinski definition) is 5. The molecule has 0 bridgehead atoms. The van der Waals surface area contributed by atoms with E-state index in [2.05, 4.69) is 41.2 Å². The molecule has 1 unspecified atom stereocenters. The minimum Gasteiger partial charge on any atom is -0.365 e.